The van der Waals surface area contributed by atoms with Gasteiger partial charge in [-0.15, -0.1) is 11.3 Å². The van der Waals surface area contributed by atoms with Crippen molar-refractivity contribution in [1.82, 2.24) is 9.62 Å². The normalized spacial score (nSPS) is 14.4. The minimum atomic E-state index is -3.65. The van der Waals surface area contributed by atoms with Gasteiger partial charge in [-0.25, -0.2) is 8.42 Å². The number of rotatable bonds is 5. The van der Waals surface area contributed by atoms with E-state index in [1.54, 1.807) is 29.5 Å². The number of sulfonamides is 1. The number of carbonyl (C=O) groups excluding carboxylic acids is 1. The summed E-state index contributed by atoms with van der Waals surface area (Å²) in [5.41, 5.74) is 3.56. The second-order valence-electron chi connectivity index (χ2n) is 7.15. The maximum absolute atomic E-state index is 13.1. The number of nitrogens with zero attached hydrogens (tertiary/aromatic N) is 1. The summed E-state index contributed by atoms with van der Waals surface area (Å²) in [6.45, 7) is 3.24. The van der Waals surface area contributed by atoms with Gasteiger partial charge in [0.15, 0.2) is 0 Å². The summed E-state index contributed by atoms with van der Waals surface area (Å²) in [5.74, 6) is -0.290. The summed E-state index contributed by atoms with van der Waals surface area (Å²) in [7, 11) is -3.65. The van der Waals surface area contributed by atoms with Crippen LogP contribution in [0.15, 0.2) is 64.9 Å². The fraction of sp³-hybridized carbons (Fsp3) is 0.227. The smallest absolute Gasteiger partial charge is 0.251 e. The molecule has 29 heavy (non-hydrogen) atoms. The summed E-state index contributed by atoms with van der Waals surface area (Å²) in [4.78, 5) is 14.0. The molecular formula is C22H22N2O3S2. The van der Waals surface area contributed by atoms with Crippen LogP contribution in [-0.2, 0) is 29.5 Å². The van der Waals surface area contributed by atoms with Crippen LogP contribution in [0.1, 0.15) is 31.9 Å². The second-order valence-corrected chi connectivity index (χ2v) is 10.1. The molecule has 1 N–H and O–H groups in total. The van der Waals surface area contributed by atoms with Gasteiger partial charge in [0.05, 0.1) is 4.90 Å². The molecule has 5 nitrogen and oxygen atoms in total. The molecule has 0 spiro atoms. The van der Waals surface area contributed by atoms with E-state index in [1.807, 2.05) is 42.6 Å². The predicted molar refractivity (Wildman–Crippen MR) is 114 cm³/mol. The topological polar surface area (TPSA) is 66.5 Å². The van der Waals surface area contributed by atoms with Gasteiger partial charge in [-0.3, -0.25) is 4.79 Å². The number of benzene rings is 2. The van der Waals surface area contributed by atoms with Crippen molar-refractivity contribution in [2.24, 2.45) is 0 Å². The van der Waals surface area contributed by atoms with Crippen molar-refractivity contribution in [2.45, 2.75) is 31.3 Å². The van der Waals surface area contributed by atoms with Crippen LogP contribution in [0.4, 0.5) is 0 Å². The first kappa shape index (κ1) is 19.8. The molecule has 0 bridgehead atoms. The lowest BCUT2D eigenvalue weighted by Gasteiger charge is -2.26. The molecule has 2 heterocycles. The molecule has 7 heteroatoms. The number of thiophene rings is 1. The summed E-state index contributed by atoms with van der Waals surface area (Å²) in [6.07, 6.45) is 0.725. The molecule has 2 aromatic carbocycles. The van der Waals surface area contributed by atoms with Crippen LogP contribution in [0.3, 0.4) is 0 Å². The third kappa shape index (κ3) is 4.27. The van der Waals surface area contributed by atoms with Crippen molar-refractivity contribution in [2.75, 3.05) is 6.54 Å². The van der Waals surface area contributed by atoms with E-state index in [9.17, 15) is 13.2 Å². The molecule has 0 atom stereocenters. The molecule has 0 aliphatic carbocycles. The molecule has 1 aliphatic rings. The lowest BCUT2D eigenvalue weighted by Crippen LogP contribution is -2.35. The Morgan fingerprint density at radius 2 is 1.93 bits per heavy atom. The molecule has 0 fully saturated rings. The second kappa shape index (κ2) is 8.10. The van der Waals surface area contributed by atoms with E-state index in [0.29, 0.717) is 25.2 Å². The highest BCUT2D eigenvalue weighted by Crippen LogP contribution is 2.28. The largest absolute Gasteiger partial charge is 0.348 e. The molecular weight excluding hydrogens is 404 g/mol. The maximum Gasteiger partial charge on any atom is 0.251 e. The Bertz CT molecular complexity index is 1130. The van der Waals surface area contributed by atoms with E-state index >= 15 is 0 Å². The minimum Gasteiger partial charge on any atom is -0.348 e. The number of carbonyl (C=O) groups is 1. The zero-order valence-corrected chi connectivity index (χ0v) is 17.7. The molecule has 0 unspecified atom stereocenters. The maximum atomic E-state index is 13.1. The van der Waals surface area contributed by atoms with Crippen LogP contribution in [-0.4, -0.2) is 25.2 Å². The van der Waals surface area contributed by atoms with Crippen molar-refractivity contribution in [3.05, 3.63) is 87.1 Å². The van der Waals surface area contributed by atoms with Crippen molar-refractivity contribution in [3.8, 4) is 0 Å². The molecule has 0 saturated heterocycles. The quantitative estimate of drug-likeness (QED) is 0.676. The van der Waals surface area contributed by atoms with Crippen molar-refractivity contribution < 1.29 is 13.2 Å². The molecule has 1 aliphatic heterocycles. The summed E-state index contributed by atoms with van der Waals surface area (Å²) < 4.78 is 27.7. The highest BCUT2D eigenvalue weighted by atomic mass is 32.2. The van der Waals surface area contributed by atoms with Crippen LogP contribution in [0.5, 0.6) is 0 Å². The first-order valence-electron chi connectivity index (χ1n) is 9.43. The summed E-state index contributed by atoms with van der Waals surface area (Å²) >= 11 is 1.67. The van der Waals surface area contributed by atoms with Crippen molar-refractivity contribution >= 4 is 27.3 Å². The predicted octanol–water partition coefficient (Wildman–Crippen LogP) is 3.73. The highest BCUT2D eigenvalue weighted by molar-refractivity contribution is 7.89. The third-order valence-corrected chi connectivity index (χ3v) is 7.94. The molecule has 3 aromatic rings. The van der Waals surface area contributed by atoms with Crippen LogP contribution < -0.4 is 5.32 Å². The minimum absolute atomic E-state index is 0.152. The summed E-state index contributed by atoms with van der Waals surface area (Å²) in [5, 5.41) is 4.86. The van der Waals surface area contributed by atoms with Gasteiger partial charge in [-0.2, -0.15) is 4.31 Å². The zero-order chi connectivity index (χ0) is 20.4. The van der Waals surface area contributed by atoms with Crippen molar-refractivity contribution in [1.29, 1.82) is 0 Å². The van der Waals surface area contributed by atoms with Crippen LogP contribution in [0.25, 0.3) is 0 Å². The fourth-order valence-corrected chi connectivity index (χ4v) is 5.72. The molecule has 0 radical (unpaired) electrons. The number of nitrogens with one attached hydrogen (secondary N) is 1. The third-order valence-electron chi connectivity index (χ3n) is 5.08. The van der Waals surface area contributed by atoms with Gasteiger partial charge in [0, 0.05) is 30.1 Å². The number of hydrogen-bond donors (Lipinski definition) is 1. The molecule has 4 rings (SSSR count). The van der Waals surface area contributed by atoms with Crippen LogP contribution in [0, 0.1) is 6.92 Å². The zero-order valence-electron chi connectivity index (χ0n) is 16.1. The van der Waals surface area contributed by atoms with Gasteiger partial charge in [0.2, 0.25) is 10.0 Å². The molecule has 150 valence electrons. The van der Waals surface area contributed by atoms with Gasteiger partial charge in [0.25, 0.3) is 5.91 Å². The lowest BCUT2D eigenvalue weighted by molar-refractivity contribution is 0.0950. The first-order chi connectivity index (χ1) is 13.9. The Labute approximate surface area is 175 Å². The van der Waals surface area contributed by atoms with Crippen LogP contribution >= 0.6 is 11.3 Å². The molecule has 1 amide bonds. The molecule has 0 saturated carbocycles. The summed E-state index contributed by atoms with van der Waals surface area (Å²) in [6, 6.07) is 16.2. The van der Waals surface area contributed by atoms with Gasteiger partial charge >= 0.3 is 0 Å². The average Bonchev–Trinajstić information content (AvgIpc) is 3.21. The van der Waals surface area contributed by atoms with E-state index in [0.717, 1.165) is 23.1 Å². The van der Waals surface area contributed by atoms with E-state index in [2.05, 4.69) is 5.32 Å². The Morgan fingerprint density at radius 3 is 2.72 bits per heavy atom. The van der Waals surface area contributed by atoms with Crippen molar-refractivity contribution in [3.63, 3.8) is 0 Å². The Hall–Kier alpha value is -2.48. The number of hydrogen-bond acceptors (Lipinski definition) is 4. The SMILES string of the molecule is Cc1ccc(CNC(=O)c2cccc(S(=O)(=O)N3CCc4sccc4C3)c2)cc1. The van der Waals surface area contributed by atoms with E-state index < -0.39 is 10.0 Å². The Balaban J connectivity index is 1.49. The Morgan fingerprint density at radius 1 is 1.14 bits per heavy atom. The first-order valence-corrected chi connectivity index (χ1v) is 11.7. The number of fused-ring (bicyclic) bond motifs is 1. The monoisotopic (exact) mass is 426 g/mol. The van der Waals surface area contributed by atoms with Gasteiger partial charge < -0.3 is 5.32 Å². The van der Waals surface area contributed by atoms with Gasteiger partial charge in [0.1, 0.15) is 0 Å². The standard InChI is InChI=1S/C22H22N2O3S2/c1-16-5-7-17(8-6-16)14-23-22(25)18-3-2-4-20(13-18)29(26,27)24-11-9-21-19(15-24)10-12-28-21/h2-8,10,12-13H,9,11,14-15H2,1H3,(H,23,25). The lowest BCUT2D eigenvalue weighted by atomic mass is 10.1. The Kier molecular flexibility index (Phi) is 5.54. The van der Waals surface area contributed by atoms with Crippen LogP contribution in [0.2, 0.25) is 0 Å². The average molecular weight is 427 g/mol. The van der Waals surface area contributed by atoms with Gasteiger partial charge in [-0.05, 0) is 54.1 Å². The fourth-order valence-electron chi connectivity index (χ4n) is 3.36. The van der Waals surface area contributed by atoms with Gasteiger partial charge in [-0.1, -0.05) is 35.9 Å². The van der Waals surface area contributed by atoms with E-state index in [4.69, 9.17) is 0 Å². The van der Waals surface area contributed by atoms with E-state index in [-0.39, 0.29) is 10.8 Å². The molecule has 1 aromatic heterocycles. The highest BCUT2D eigenvalue weighted by Gasteiger charge is 2.29. The van der Waals surface area contributed by atoms with E-state index in [1.165, 1.54) is 15.2 Å². The number of aryl methyl sites for hydroxylation is 1. The number of amides is 1.